The molecule has 1 saturated heterocycles. The topological polar surface area (TPSA) is 98.7 Å². The second-order valence-electron chi connectivity index (χ2n) is 4.82. The highest BCUT2D eigenvalue weighted by molar-refractivity contribution is 6.30. The third kappa shape index (κ3) is 3.82. The molecule has 1 atom stereocenters. The Kier molecular flexibility index (Phi) is 5.48. The lowest BCUT2D eigenvalue weighted by Crippen LogP contribution is -2.48. The molecule has 0 spiro atoms. The van der Waals surface area contributed by atoms with Crippen LogP contribution in [0, 0.1) is 0 Å². The van der Waals surface area contributed by atoms with Gasteiger partial charge in [-0.05, 0) is 30.7 Å². The molecule has 22 heavy (non-hydrogen) atoms. The third-order valence-electron chi connectivity index (χ3n) is 3.18. The number of aliphatic hydroxyl groups is 1. The maximum atomic E-state index is 12.2. The summed E-state index contributed by atoms with van der Waals surface area (Å²) >= 11 is 5.78. The van der Waals surface area contributed by atoms with E-state index in [1.54, 1.807) is 24.3 Å². The molecule has 1 aromatic rings. The van der Waals surface area contributed by atoms with Crippen molar-refractivity contribution in [2.75, 3.05) is 11.5 Å². The predicted molar refractivity (Wildman–Crippen MR) is 79.9 cm³/mol. The smallest absolute Gasteiger partial charge is 0.253 e. The van der Waals surface area contributed by atoms with Gasteiger partial charge in [-0.25, -0.2) is 10.3 Å². The predicted octanol–water partition coefficient (Wildman–Crippen LogP) is 0.365. The number of aliphatic hydroxyl groups excluding tert-OH is 1. The van der Waals surface area contributed by atoms with Crippen LogP contribution in [0.5, 0.6) is 0 Å². The molecule has 118 valence electrons. The molecule has 0 bridgehead atoms. The second-order valence-corrected chi connectivity index (χ2v) is 5.26. The molecule has 7 nitrogen and oxygen atoms in total. The van der Waals surface area contributed by atoms with Crippen molar-refractivity contribution >= 4 is 35.0 Å². The normalized spacial score (nSPS) is 17.9. The molecule has 0 unspecified atom stereocenters. The fourth-order valence-electron chi connectivity index (χ4n) is 2.08. The van der Waals surface area contributed by atoms with Crippen LogP contribution in [0.4, 0.5) is 5.69 Å². The summed E-state index contributed by atoms with van der Waals surface area (Å²) in [5, 5.41) is 9.14. The van der Waals surface area contributed by atoms with E-state index >= 15 is 0 Å². The highest BCUT2D eigenvalue weighted by Crippen LogP contribution is 2.24. The van der Waals surface area contributed by atoms with Crippen molar-refractivity contribution < 1.29 is 19.5 Å². The molecule has 0 aliphatic carbocycles. The van der Waals surface area contributed by atoms with Crippen LogP contribution >= 0.6 is 11.6 Å². The number of benzene rings is 1. The van der Waals surface area contributed by atoms with Gasteiger partial charge >= 0.3 is 0 Å². The van der Waals surface area contributed by atoms with Gasteiger partial charge in [-0.15, -0.1) is 0 Å². The first kappa shape index (κ1) is 16.4. The van der Waals surface area contributed by atoms with E-state index in [-0.39, 0.29) is 31.3 Å². The van der Waals surface area contributed by atoms with Crippen LogP contribution in [0.3, 0.4) is 0 Å². The van der Waals surface area contributed by atoms with Crippen molar-refractivity contribution in [3.05, 3.63) is 29.3 Å². The Balaban J connectivity index is 1.97. The van der Waals surface area contributed by atoms with Gasteiger partial charge in [0.1, 0.15) is 6.04 Å². The standard InChI is InChI=1S/C14H16ClN3O4/c15-9-3-5-10(6-4-9)18-13(21)8-11(14(18)22)16-17-12(20)2-1-7-19/h3-6,11,16,19H,1-2,7-8H2,(H,17,20)/t11-/m1/s1. The van der Waals surface area contributed by atoms with Crippen molar-refractivity contribution in [2.45, 2.75) is 25.3 Å². The number of hydrazine groups is 1. The monoisotopic (exact) mass is 325 g/mol. The molecule has 0 aromatic heterocycles. The van der Waals surface area contributed by atoms with Crippen LogP contribution in [-0.4, -0.2) is 35.5 Å². The van der Waals surface area contributed by atoms with Crippen LogP contribution in [0.15, 0.2) is 24.3 Å². The number of nitrogens with zero attached hydrogens (tertiary/aromatic N) is 1. The number of anilines is 1. The molecule has 8 heteroatoms. The van der Waals surface area contributed by atoms with Gasteiger partial charge in [-0.1, -0.05) is 11.6 Å². The molecule has 1 aromatic carbocycles. The van der Waals surface area contributed by atoms with E-state index in [1.807, 2.05) is 0 Å². The molecular formula is C14H16ClN3O4. The number of amides is 3. The van der Waals surface area contributed by atoms with Crippen LogP contribution < -0.4 is 15.8 Å². The highest BCUT2D eigenvalue weighted by atomic mass is 35.5. The van der Waals surface area contributed by atoms with Gasteiger partial charge in [0.05, 0.1) is 12.1 Å². The Morgan fingerprint density at radius 3 is 2.64 bits per heavy atom. The first-order valence-electron chi connectivity index (χ1n) is 6.80. The van der Waals surface area contributed by atoms with Gasteiger partial charge in [0.2, 0.25) is 11.8 Å². The largest absolute Gasteiger partial charge is 0.396 e. The summed E-state index contributed by atoms with van der Waals surface area (Å²) in [5.41, 5.74) is 5.37. The molecule has 3 amide bonds. The number of rotatable bonds is 6. The minimum absolute atomic E-state index is 0.0399. The summed E-state index contributed by atoms with van der Waals surface area (Å²) in [6, 6.07) is 5.55. The fraction of sp³-hybridized carbons (Fsp3) is 0.357. The zero-order valence-corrected chi connectivity index (χ0v) is 12.5. The quantitative estimate of drug-likeness (QED) is 0.518. The lowest BCUT2D eigenvalue weighted by molar-refractivity contribution is -0.123. The van der Waals surface area contributed by atoms with Gasteiger partial charge in [-0.2, -0.15) is 0 Å². The lowest BCUT2D eigenvalue weighted by atomic mass is 10.2. The van der Waals surface area contributed by atoms with E-state index in [0.29, 0.717) is 17.1 Å². The van der Waals surface area contributed by atoms with Crippen LogP contribution in [0.2, 0.25) is 5.02 Å². The van der Waals surface area contributed by atoms with Crippen molar-refractivity contribution in [3.8, 4) is 0 Å². The first-order valence-corrected chi connectivity index (χ1v) is 7.18. The number of nitrogens with one attached hydrogen (secondary N) is 2. The molecule has 1 heterocycles. The SMILES string of the molecule is O=C(CCCO)NN[C@@H]1CC(=O)N(c2ccc(Cl)cc2)C1=O. The Morgan fingerprint density at radius 2 is 2.00 bits per heavy atom. The van der Waals surface area contributed by atoms with Gasteiger partial charge in [-0.3, -0.25) is 19.8 Å². The van der Waals surface area contributed by atoms with Crippen molar-refractivity contribution in [2.24, 2.45) is 0 Å². The fourth-order valence-corrected chi connectivity index (χ4v) is 2.20. The van der Waals surface area contributed by atoms with Gasteiger partial charge in [0.15, 0.2) is 0 Å². The zero-order chi connectivity index (χ0) is 16.1. The number of halogens is 1. The van der Waals surface area contributed by atoms with E-state index in [9.17, 15) is 14.4 Å². The summed E-state index contributed by atoms with van der Waals surface area (Å²) in [4.78, 5) is 36.7. The highest BCUT2D eigenvalue weighted by Gasteiger charge is 2.39. The molecule has 0 radical (unpaired) electrons. The van der Waals surface area contributed by atoms with Crippen molar-refractivity contribution in [1.82, 2.24) is 10.9 Å². The molecule has 1 fully saturated rings. The van der Waals surface area contributed by atoms with E-state index in [4.69, 9.17) is 16.7 Å². The minimum Gasteiger partial charge on any atom is -0.396 e. The average molecular weight is 326 g/mol. The summed E-state index contributed by atoms with van der Waals surface area (Å²) in [6.45, 7) is -0.0847. The third-order valence-corrected chi connectivity index (χ3v) is 3.43. The van der Waals surface area contributed by atoms with Crippen molar-refractivity contribution in [1.29, 1.82) is 0 Å². The molecule has 0 saturated carbocycles. The second kappa shape index (κ2) is 7.35. The molecule has 1 aliphatic heterocycles. The molecule has 2 rings (SSSR count). The van der Waals surface area contributed by atoms with Crippen LogP contribution in [0.1, 0.15) is 19.3 Å². The van der Waals surface area contributed by atoms with E-state index < -0.39 is 11.9 Å². The summed E-state index contributed by atoms with van der Waals surface area (Å²) < 4.78 is 0. The first-order chi connectivity index (χ1) is 10.5. The lowest BCUT2D eigenvalue weighted by Gasteiger charge is -2.16. The van der Waals surface area contributed by atoms with Crippen LogP contribution in [-0.2, 0) is 14.4 Å². The molecule has 1 aliphatic rings. The van der Waals surface area contributed by atoms with E-state index in [2.05, 4.69) is 10.9 Å². The number of hydrogen-bond acceptors (Lipinski definition) is 5. The number of imide groups is 1. The number of hydrogen-bond donors (Lipinski definition) is 3. The minimum atomic E-state index is -0.804. The zero-order valence-electron chi connectivity index (χ0n) is 11.7. The average Bonchev–Trinajstić information content (AvgIpc) is 2.78. The van der Waals surface area contributed by atoms with E-state index in [1.165, 1.54) is 0 Å². The Bertz CT molecular complexity index is 576. The number of carbonyl (C=O) groups is 3. The maximum Gasteiger partial charge on any atom is 0.253 e. The van der Waals surface area contributed by atoms with Gasteiger partial charge < -0.3 is 5.11 Å². The van der Waals surface area contributed by atoms with Gasteiger partial charge in [0, 0.05) is 18.1 Å². The summed E-state index contributed by atoms with van der Waals surface area (Å²) in [7, 11) is 0. The number of carbonyl (C=O) groups excluding carboxylic acids is 3. The molecule has 3 N–H and O–H groups in total. The molecular weight excluding hydrogens is 310 g/mol. The van der Waals surface area contributed by atoms with E-state index in [0.717, 1.165) is 4.90 Å². The van der Waals surface area contributed by atoms with Crippen LogP contribution in [0.25, 0.3) is 0 Å². The Hall–Kier alpha value is -1.96. The Morgan fingerprint density at radius 1 is 1.32 bits per heavy atom. The maximum absolute atomic E-state index is 12.2. The Labute approximate surface area is 132 Å². The van der Waals surface area contributed by atoms with Gasteiger partial charge in [0.25, 0.3) is 5.91 Å². The van der Waals surface area contributed by atoms with Crippen molar-refractivity contribution in [3.63, 3.8) is 0 Å². The summed E-state index contributed by atoms with van der Waals surface area (Å²) in [5.74, 6) is -1.14. The summed E-state index contributed by atoms with van der Waals surface area (Å²) in [6.07, 6.45) is 0.433.